The summed E-state index contributed by atoms with van der Waals surface area (Å²) < 4.78 is 0. The molecule has 9 rings (SSSR count). The Morgan fingerprint density at radius 2 is 0.878 bits per heavy atom. The normalized spacial score (nSPS) is 12.9. The average Bonchev–Trinajstić information content (AvgIpc) is 3.41. The second kappa shape index (κ2) is 11.7. The van der Waals surface area contributed by atoms with E-state index in [1.807, 2.05) is 6.07 Å². The highest BCUT2D eigenvalue weighted by atomic mass is 28.3. The lowest BCUT2D eigenvalue weighted by Crippen LogP contribution is -2.50. The molecule has 49 heavy (non-hydrogen) atoms. The van der Waals surface area contributed by atoms with Crippen molar-refractivity contribution in [3.05, 3.63) is 170 Å². The molecule has 1 aliphatic heterocycles. The largest absolute Gasteiger partial charge is 0.228 e. The van der Waals surface area contributed by atoms with E-state index in [0.717, 1.165) is 28.3 Å². The molecule has 1 aromatic heterocycles. The lowest BCUT2D eigenvalue weighted by molar-refractivity contribution is 1.20. The summed E-state index contributed by atoms with van der Waals surface area (Å²) in [6, 6.07) is 61.0. The SMILES string of the molecule is C[Si]1(C)c2ccc3ccccc3c2-c2nc(-c3ccccc3)nc(-c3cccc(-c4cccc(-c5ccc(-c6ccccc6)cc5)c4)c3)c21. The van der Waals surface area contributed by atoms with Crippen LogP contribution in [0.1, 0.15) is 0 Å². The van der Waals surface area contributed by atoms with Gasteiger partial charge in [0.1, 0.15) is 8.07 Å². The lowest BCUT2D eigenvalue weighted by atomic mass is 9.95. The molecule has 0 saturated heterocycles. The van der Waals surface area contributed by atoms with Crippen molar-refractivity contribution in [1.29, 1.82) is 0 Å². The Labute approximate surface area is 288 Å². The molecule has 1 aliphatic rings. The summed E-state index contributed by atoms with van der Waals surface area (Å²) in [4.78, 5) is 10.8. The van der Waals surface area contributed by atoms with Crippen LogP contribution in [-0.4, -0.2) is 18.0 Å². The topological polar surface area (TPSA) is 25.8 Å². The van der Waals surface area contributed by atoms with Crippen LogP contribution in [0.15, 0.2) is 170 Å². The van der Waals surface area contributed by atoms with Gasteiger partial charge in [0.05, 0.1) is 11.4 Å². The molecule has 8 aromatic rings. The number of fused-ring (bicyclic) bond motifs is 5. The second-order valence-corrected chi connectivity index (χ2v) is 17.7. The molecule has 0 aliphatic carbocycles. The monoisotopic (exact) mass is 642 g/mol. The van der Waals surface area contributed by atoms with Crippen molar-refractivity contribution in [2.75, 3.05) is 0 Å². The van der Waals surface area contributed by atoms with Crippen molar-refractivity contribution in [3.63, 3.8) is 0 Å². The first-order valence-corrected chi connectivity index (χ1v) is 19.9. The molecule has 2 nitrogen and oxygen atoms in total. The maximum atomic E-state index is 5.40. The Hall–Kier alpha value is -5.90. The van der Waals surface area contributed by atoms with Gasteiger partial charge in [0.2, 0.25) is 0 Å². The Balaban J connectivity index is 1.18. The first-order chi connectivity index (χ1) is 24.0. The second-order valence-electron chi connectivity index (χ2n) is 13.4. The maximum absolute atomic E-state index is 5.40. The van der Waals surface area contributed by atoms with E-state index in [-0.39, 0.29) is 0 Å². The van der Waals surface area contributed by atoms with Gasteiger partial charge in [-0.05, 0) is 66.7 Å². The van der Waals surface area contributed by atoms with E-state index in [2.05, 4.69) is 177 Å². The summed E-state index contributed by atoms with van der Waals surface area (Å²) in [7, 11) is -2.15. The third-order valence-electron chi connectivity index (χ3n) is 10.1. The van der Waals surface area contributed by atoms with Crippen molar-refractivity contribution in [1.82, 2.24) is 9.97 Å². The molecule has 0 unspecified atom stereocenters. The minimum Gasteiger partial charge on any atom is -0.228 e. The van der Waals surface area contributed by atoms with Crippen LogP contribution in [0.3, 0.4) is 0 Å². The summed E-state index contributed by atoms with van der Waals surface area (Å²) in [6.07, 6.45) is 0. The van der Waals surface area contributed by atoms with E-state index in [9.17, 15) is 0 Å². The molecule has 0 spiro atoms. The van der Waals surface area contributed by atoms with E-state index in [1.54, 1.807) is 0 Å². The molecule has 2 heterocycles. The van der Waals surface area contributed by atoms with Crippen molar-refractivity contribution >= 4 is 29.2 Å². The fourth-order valence-corrected chi connectivity index (χ4v) is 10.8. The van der Waals surface area contributed by atoms with Gasteiger partial charge in [0.25, 0.3) is 0 Å². The molecule has 0 bridgehead atoms. The van der Waals surface area contributed by atoms with Gasteiger partial charge in [0, 0.05) is 16.7 Å². The van der Waals surface area contributed by atoms with Gasteiger partial charge >= 0.3 is 0 Å². The first kappa shape index (κ1) is 29.3. The predicted molar refractivity (Wildman–Crippen MR) is 209 cm³/mol. The summed E-state index contributed by atoms with van der Waals surface area (Å²) in [6.45, 7) is 4.91. The quantitative estimate of drug-likeness (QED) is 0.175. The van der Waals surface area contributed by atoms with Crippen LogP contribution in [0.5, 0.6) is 0 Å². The van der Waals surface area contributed by atoms with E-state index in [4.69, 9.17) is 9.97 Å². The Kier molecular flexibility index (Phi) is 6.96. The minimum absolute atomic E-state index is 0.770. The summed E-state index contributed by atoms with van der Waals surface area (Å²) in [5.74, 6) is 0.770. The fourth-order valence-electron chi connectivity index (χ4n) is 7.55. The lowest BCUT2D eigenvalue weighted by Gasteiger charge is -2.22. The van der Waals surface area contributed by atoms with Crippen LogP contribution in [0, 0.1) is 0 Å². The summed E-state index contributed by atoms with van der Waals surface area (Å²) in [5, 5.41) is 5.27. The highest BCUT2D eigenvalue weighted by Gasteiger charge is 2.42. The Morgan fingerprint density at radius 1 is 0.388 bits per heavy atom. The predicted octanol–water partition coefficient (Wildman–Crippen LogP) is 10.8. The van der Waals surface area contributed by atoms with E-state index in [0.29, 0.717) is 0 Å². The van der Waals surface area contributed by atoms with Gasteiger partial charge in [0.15, 0.2) is 5.82 Å². The average molecular weight is 643 g/mol. The molecule has 232 valence electrons. The molecule has 0 saturated carbocycles. The maximum Gasteiger partial charge on any atom is 0.160 e. The zero-order chi connectivity index (χ0) is 33.0. The van der Waals surface area contributed by atoms with Crippen LogP contribution >= 0.6 is 0 Å². The molecular weight excluding hydrogens is 609 g/mol. The van der Waals surface area contributed by atoms with Crippen LogP contribution in [0.2, 0.25) is 13.1 Å². The highest BCUT2D eigenvalue weighted by molar-refractivity contribution is 7.04. The standard InChI is InChI=1S/C46H34N2Si/c1-49(2)41-28-27-34-15-9-10-22-40(34)42(41)44-45(49)43(47-46(48-44)35-16-7-4-8-17-35)39-21-12-20-38(30-39)37-19-11-18-36(29-37)33-25-23-32(24-26-33)31-13-5-3-6-14-31/h3-30H,1-2H3. The van der Waals surface area contributed by atoms with Crippen molar-refractivity contribution in [3.8, 4) is 67.3 Å². The Morgan fingerprint density at radius 3 is 1.57 bits per heavy atom. The number of benzene rings is 7. The molecule has 0 atom stereocenters. The van der Waals surface area contributed by atoms with Gasteiger partial charge in [-0.25, -0.2) is 9.97 Å². The molecule has 0 N–H and O–H groups in total. The molecule has 0 amide bonds. The zero-order valence-corrected chi connectivity index (χ0v) is 28.6. The number of rotatable bonds is 5. The highest BCUT2D eigenvalue weighted by Crippen LogP contribution is 2.38. The zero-order valence-electron chi connectivity index (χ0n) is 27.6. The van der Waals surface area contributed by atoms with Crippen molar-refractivity contribution in [2.24, 2.45) is 0 Å². The van der Waals surface area contributed by atoms with E-state index < -0.39 is 8.07 Å². The third-order valence-corrected chi connectivity index (χ3v) is 13.5. The van der Waals surface area contributed by atoms with Gasteiger partial charge in [-0.1, -0.05) is 171 Å². The van der Waals surface area contributed by atoms with E-state index >= 15 is 0 Å². The van der Waals surface area contributed by atoms with Crippen LogP contribution in [-0.2, 0) is 0 Å². The third kappa shape index (κ3) is 5.02. The molecule has 0 radical (unpaired) electrons. The number of nitrogens with zero attached hydrogens (tertiary/aromatic N) is 2. The van der Waals surface area contributed by atoms with Gasteiger partial charge in [-0.3, -0.25) is 0 Å². The van der Waals surface area contributed by atoms with Gasteiger partial charge in [-0.15, -0.1) is 0 Å². The molecule has 3 heteroatoms. The molecular formula is C46H34N2Si. The Bertz CT molecular complexity index is 2500. The number of hydrogen-bond acceptors (Lipinski definition) is 2. The molecule has 0 fully saturated rings. The van der Waals surface area contributed by atoms with Gasteiger partial charge in [-0.2, -0.15) is 0 Å². The van der Waals surface area contributed by atoms with Crippen molar-refractivity contribution in [2.45, 2.75) is 13.1 Å². The number of hydrogen-bond donors (Lipinski definition) is 0. The van der Waals surface area contributed by atoms with Crippen molar-refractivity contribution < 1.29 is 0 Å². The fraction of sp³-hybridized carbons (Fsp3) is 0.0435. The first-order valence-electron chi connectivity index (χ1n) is 16.9. The number of aromatic nitrogens is 2. The smallest absolute Gasteiger partial charge is 0.160 e. The van der Waals surface area contributed by atoms with Gasteiger partial charge < -0.3 is 0 Å². The van der Waals surface area contributed by atoms with Crippen LogP contribution < -0.4 is 10.4 Å². The summed E-state index contributed by atoms with van der Waals surface area (Å²) in [5.41, 5.74) is 12.8. The summed E-state index contributed by atoms with van der Waals surface area (Å²) >= 11 is 0. The van der Waals surface area contributed by atoms with E-state index in [1.165, 1.54) is 60.1 Å². The van der Waals surface area contributed by atoms with Crippen LogP contribution in [0.4, 0.5) is 0 Å². The minimum atomic E-state index is -2.15. The van der Waals surface area contributed by atoms with Crippen LogP contribution in [0.25, 0.3) is 78.1 Å². The molecule has 7 aromatic carbocycles.